The molecule has 2 aromatic rings. The maximum absolute atomic E-state index is 12.3. The minimum atomic E-state index is -0.397. The van der Waals surface area contributed by atoms with Crippen LogP contribution in [-0.2, 0) is 16.9 Å². The molecule has 2 aliphatic heterocycles. The first-order valence-corrected chi connectivity index (χ1v) is 8.28. The van der Waals surface area contributed by atoms with Gasteiger partial charge in [-0.05, 0) is 18.1 Å². The molecule has 0 saturated carbocycles. The van der Waals surface area contributed by atoms with Crippen molar-refractivity contribution in [3.8, 4) is 0 Å². The second-order valence-corrected chi connectivity index (χ2v) is 6.64. The number of likely N-dealkylation sites (tertiary alicyclic amines) is 1. The van der Waals surface area contributed by atoms with E-state index in [4.69, 9.17) is 4.74 Å². The normalized spacial score (nSPS) is 19.6. The molecule has 0 atom stereocenters. The lowest BCUT2D eigenvalue weighted by Crippen LogP contribution is -2.42. The molecule has 118 valence electrons. The molecular weight excluding hydrogens is 286 g/mol. The number of fused-ring (bicyclic) bond motifs is 2. The number of benzene rings is 2. The minimum Gasteiger partial charge on any atom is -0.450 e. The summed E-state index contributed by atoms with van der Waals surface area (Å²) in [6.07, 6.45) is 1.75. The van der Waals surface area contributed by atoms with Crippen molar-refractivity contribution < 1.29 is 9.53 Å². The predicted octanol–water partition coefficient (Wildman–Crippen LogP) is 3.66. The van der Waals surface area contributed by atoms with Crippen LogP contribution in [0, 0.1) is 6.92 Å². The van der Waals surface area contributed by atoms with Gasteiger partial charge in [-0.15, -0.1) is 0 Å². The zero-order valence-electron chi connectivity index (χ0n) is 13.4. The van der Waals surface area contributed by atoms with Crippen molar-refractivity contribution in [2.75, 3.05) is 13.1 Å². The van der Waals surface area contributed by atoms with Crippen LogP contribution >= 0.6 is 0 Å². The minimum absolute atomic E-state index is 0.144. The van der Waals surface area contributed by atoms with Crippen LogP contribution in [0.15, 0.2) is 48.5 Å². The van der Waals surface area contributed by atoms with Crippen LogP contribution in [0.4, 0.5) is 0 Å². The Morgan fingerprint density at radius 1 is 1.04 bits per heavy atom. The Bertz CT molecular complexity index is 731. The number of esters is 1. The van der Waals surface area contributed by atoms with E-state index in [1.165, 1.54) is 5.56 Å². The Labute approximate surface area is 136 Å². The number of hydrogen-bond acceptors (Lipinski definition) is 3. The first-order valence-electron chi connectivity index (χ1n) is 8.28. The molecule has 0 unspecified atom stereocenters. The highest BCUT2D eigenvalue weighted by Crippen LogP contribution is 2.45. The molecule has 0 aliphatic carbocycles. The summed E-state index contributed by atoms with van der Waals surface area (Å²) in [5.41, 5.74) is 3.86. The van der Waals surface area contributed by atoms with Gasteiger partial charge in [0.15, 0.2) is 0 Å². The zero-order valence-corrected chi connectivity index (χ0v) is 13.4. The second-order valence-electron chi connectivity index (χ2n) is 6.64. The smallest absolute Gasteiger partial charge is 0.339 e. The first-order chi connectivity index (χ1) is 11.2. The van der Waals surface area contributed by atoms with Gasteiger partial charge in [0.2, 0.25) is 0 Å². The summed E-state index contributed by atoms with van der Waals surface area (Å²) in [5.74, 6) is -0.144. The summed E-state index contributed by atoms with van der Waals surface area (Å²) in [4.78, 5) is 14.7. The number of nitrogens with zero attached hydrogens (tertiary/aromatic N) is 1. The van der Waals surface area contributed by atoms with Crippen LogP contribution in [0.3, 0.4) is 0 Å². The van der Waals surface area contributed by atoms with E-state index in [2.05, 4.69) is 35.2 Å². The molecule has 1 saturated heterocycles. The van der Waals surface area contributed by atoms with Gasteiger partial charge in [-0.25, -0.2) is 4.79 Å². The maximum Gasteiger partial charge on any atom is 0.339 e. The van der Waals surface area contributed by atoms with Gasteiger partial charge < -0.3 is 4.74 Å². The quantitative estimate of drug-likeness (QED) is 0.793. The molecule has 0 N–H and O–H groups in total. The van der Waals surface area contributed by atoms with Crippen LogP contribution in [0.2, 0.25) is 0 Å². The van der Waals surface area contributed by atoms with Crippen molar-refractivity contribution in [3.05, 3.63) is 70.8 Å². The van der Waals surface area contributed by atoms with Crippen LogP contribution in [0.5, 0.6) is 0 Å². The third kappa shape index (κ3) is 2.45. The molecule has 0 amide bonds. The predicted molar refractivity (Wildman–Crippen MR) is 89.2 cm³/mol. The highest BCUT2D eigenvalue weighted by molar-refractivity contribution is 5.96. The summed E-state index contributed by atoms with van der Waals surface area (Å²) >= 11 is 0. The zero-order chi connectivity index (χ0) is 15.9. The van der Waals surface area contributed by atoms with Crippen molar-refractivity contribution in [2.45, 2.75) is 31.9 Å². The molecule has 2 heterocycles. The van der Waals surface area contributed by atoms with Crippen LogP contribution in [0.1, 0.15) is 39.9 Å². The molecule has 2 aromatic carbocycles. The fraction of sp³-hybridized carbons (Fsp3) is 0.350. The van der Waals surface area contributed by atoms with Gasteiger partial charge in [-0.3, -0.25) is 4.90 Å². The molecule has 3 heteroatoms. The third-order valence-corrected chi connectivity index (χ3v) is 5.17. The topological polar surface area (TPSA) is 29.5 Å². The Kier molecular flexibility index (Phi) is 3.46. The van der Waals surface area contributed by atoms with Gasteiger partial charge in [0.05, 0.1) is 5.56 Å². The number of rotatable bonds is 2. The SMILES string of the molecule is Cc1cccc2c1C(=O)OC21CCN(Cc2ccccc2)CC1. The van der Waals surface area contributed by atoms with E-state index in [-0.39, 0.29) is 5.97 Å². The van der Waals surface area contributed by atoms with Gasteiger partial charge in [-0.1, -0.05) is 48.5 Å². The second kappa shape index (κ2) is 5.50. The average Bonchev–Trinajstić information content (AvgIpc) is 2.84. The molecule has 0 radical (unpaired) electrons. The lowest BCUT2D eigenvalue weighted by Gasteiger charge is -2.38. The molecule has 1 spiro atoms. The fourth-order valence-electron chi connectivity index (χ4n) is 3.89. The van der Waals surface area contributed by atoms with E-state index < -0.39 is 5.60 Å². The van der Waals surface area contributed by atoms with Crippen molar-refractivity contribution in [1.82, 2.24) is 4.90 Å². The number of ether oxygens (including phenoxy) is 1. The third-order valence-electron chi connectivity index (χ3n) is 5.17. The number of carbonyl (C=O) groups is 1. The van der Waals surface area contributed by atoms with Gasteiger partial charge in [0.25, 0.3) is 0 Å². The van der Waals surface area contributed by atoms with Crippen molar-refractivity contribution in [3.63, 3.8) is 0 Å². The molecule has 3 nitrogen and oxygen atoms in total. The van der Waals surface area contributed by atoms with Gasteiger partial charge in [-0.2, -0.15) is 0 Å². The molecule has 1 fully saturated rings. The number of piperidine rings is 1. The van der Waals surface area contributed by atoms with E-state index in [1.807, 2.05) is 25.1 Å². The highest BCUT2D eigenvalue weighted by atomic mass is 16.6. The van der Waals surface area contributed by atoms with E-state index in [1.54, 1.807) is 0 Å². The summed E-state index contributed by atoms with van der Waals surface area (Å²) in [7, 11) is 0. The molecule has 4 rings (SSSR count). The van der Waals surface area contributed by atoms with Gasteiger partial charge in [0.1, 0.15) is 5.60 Å². The Morgan fingerprint density at radius 2 is 1.78 bits per heavy atom. The first kappa shape index (κ1) is 14.5. The summed E-state index contributed by atoms with van der Waals surface area (Å²) < 4.78 is 5.87. The van der Waals surface area contributed by atoms with Crippen LogP contribution in [-0.4, -0.2) is 24.0 Å². The maximum atomic E-state index is 12.3. The Hall–Kier alpha value is -2.13. The van der Waals surface area contributed by atoms with Crippen molar-refractivity contribution >= 4 is 5.97 Å². The fourth-order valence-corrected chi connectivity index (χ4v) is 3.89. The number of carbonyl (C=O) groups excluding carboxylic acids is 1. The number of aryl methyl sites for hydroxylation is 1. The summed E-state index contributed by atoms with van der Waals surface area (Å²) in [5, 5.41) is 0. The monoisotopic (exact) mass is 307 g/mol. The lowest BCUT2D eigenvalue weighted by molar-refractivity contribution is -0.0440. The van der Waals surface area contributed by atoms with E-state index in [0.29, 0.717) is 0 Å². The van der Waals surface area contributed by atoms with Gasteiger partial charge in [0, 0.05) is 38.0 Å². The lowest BCUT2D eigenvalue weighted by atomic mass is 9.83. The average molecular weight is 307 g/mol. The van der Waals surface area contributed by atoms with Gasteiger partial charge >= 0.3 is 5.97 Å². The van der Waals surface area contributed by atoms with Crippen molar-refractivity contribution in [1.29, 1.82) is 0 Å². The molecular formula is C20H21NO2. The van der Waals surface area contributed by atoms with E-state index >= 15 is 0 Å². The van der Waals surface area contributed by atoms with Crippen LogP contribution in [0.25, 0.3) is 0 Å². The molecule has 2 aliphatic rings. The molecule has 23 heavy (non-hydrogen) atoms. The Balaban J connectivity index is 1.52. The largest absolute Gasteiger partial charge is 0.450 e. The van der Waals surface area contributed by atoms with E-state index in [0.717, 1.165) is 49.2 Å². The number of hydrogen-bond donors (Lipinski definition) is 0. The van der Waals surface area contributed by atoms with Crippen LogP contribution < -0.4 is 0 Å². The highest BCUT2D eigenvalue weighted by Gasteiger charge is 2.47. The summed E-state index contributed by atoms with van der Waals surface area (Å²) in [6.45, 7) is 4.86. The standard InChI is InChI=1S/C20H21NO2/c1-15-6-5-9-17-18(15)19(22)23-20(17)10-12-21(13-11-20)14-16-7-3-2-4-8-16/h2-9H,10-14H2,1H3. The molecule has 0 bridgehead atoms. The van der Waals surface area contributed by atoms with Crippen molar-refractivity contribution in [2.24, 2.45) is 0 Å². The molecule has 0 aromatic heterocycles. The Morgan fingerprint density at radius 3 is 2.52 bits per heavy atom. The summed E-state index contributed by atoms with van der Waals surface area (Å²) in [6, 6.07) is 16.6. The van der Waals surface area contributed by atoms with E-state index in [9.17, 15) is 4.79 Å².